The Morgan fingerprint density at radius 1 is 1.75 bits per heavy atom. The van der Waals surface area contributed by atoms with Crippen molar-refractivity contribution in [3.8, 4) is 0 Å². The minimum atomic E-state index is -0.461. The fourth-order valence-electron chi connectivity index (χ4n) is 0.222. The van der Waals surface area contributed by atoms with Crippen LogP contribution < -0.4 is 5.32 Å². The van der Waals surface area contributed by atoms with Gasteiger partial charge in [0, 0.05) is 5.70 Å². The normalized spacial score (nSPS) is 7.62. The standard InChI is InChI=1S/C5H8N2O/c1-4(2)7-5(8)6-3/h1,3H2,2H3,(H,7,8). The van der Waals surface area contributed by atoms with Crippen LogP contribution >= 0.6 is 0 Å². The maximum Gasteiger partial charge on any atom is 0.344 e. The molecule has 3 nitrogen and oxygen atoms in total. The van der Waals surface area contributed by atoms with Crippen molar-refractivity contribution in [2.45, 2.75) is 6.92 Å². The highest BCUT2D eigenvalue weighted by molar-refractivity contribution is 5.80. The third-order valence-corrected chi connectivity index (χ3v) is 0.464. The number of aliphatic imine (C=N–C) groups is 1. The Hall–Kier alpha value is -1.12. The first-order valence-electron chi connectivity index (χ1n) is 2.10. The lowest BCUT2D eigenvalue weighted by atomic mass is 10.6. The van der Waals surface area contributed by atoms with Gasteiger partial charge in [0.1, 0.15) is 0 Å². The minimum Gasteiger partial charge on any atom is -0.311 e. The number of urea groups is 1. The topological polar surface area (TPSA) is 41.5 Å². The smallest absolute Gasteiger partial charge is 0.311 e. The molecule has 2 amide bonds. The number of carbonyl (C=O) groups excluding carboxylic acids is 1. The molecule has 0 spiro atoms. The molecule has 0 rings (SSSR count). The first-order chi connectivity index (χ1) is 3.66. The van der Waals surface area contributed by atoms with Gasteiger partial charge in [-0.15, -0.1) is 0 Å². The quantitative estimate of drug-likeness (QED) is 0.504. The summed E-state index contributed by atoms with van der Waals surface area (Å²) in [5.41, 5.74) is 0.572. The van der Waals surface area contributed by atoms with E-state index in [0.29, 0.717) is 5.70 Å². The van der Waals surface area contributed by atoms with Crippen LogP contribution in [0, 0.1) is 0 Å². The number of hydrogen-bond acceptors (Lipinski definition) is 1. The van der Waals surface area contributed by atoms with E-state index in [9.17, 15) is 4.79 Å². The number of nitrogens with one attached hydrogen (secondary N) is 1. The Bertz CT molecular complexity index is 128. The molecule has 0 aliphatic heterocycles. The van der Waals surface area contributed by atoms with Crippen molar-refractivity contribution in [1.29, 1.82) is 0 Å². The maximum absolute atomic E-state index is 10.2. The lowest BCUT2D eigenvalue weighted by molar-refractivity contribution is 0.252. The van der Waals surface area contributed by atoms with Gasteiger partial charge in [0.25, 0.3) is 0 Å². The molecule has 1 N–H and O–H groups in total. The summed E-state index contributed by atoms with van der Waals surface area (Å²) in [4.78, 5) is 13.3. The maximum atomic E-state index is 10.2. The number of amides is 2. The van der Waals surface area contributed by atoms with E-state index in [2.05, 4.69) is 23.6 Å². The van der Waals surface area contributed by atoms with Crippen LogP contribution in [0.25, 0.3) is 0 Å². The van der Waals surface area contributed by atoms with E-state index in [0.717, 1.165) is 0 Å². The predicted octanol–water partition coefficient (Wildman–Crippen LogP) is 0.930. The van der Waals surface area contributed by atoms with Crippen molar-refractivity contribution in [2.24, 2.45) is 4.99 Å². The molecule has 44 valence electrons. The molecule has 3 heteroatoms. The van der Waals surface area contributed by atoms with Gasteiger partial charge in [-0.25, -0.2) is 9.79 Å². The molecule has 0 saturated carbocycles. The van der Waals surface area contributed by atoms with E-state index in [4.69, 9.17) is 0 Å². The zero-order valence-electron chi connectivity index (χ0n) is 4.77. The van der Waals surface area contributed by atoms with E-state index in [-0.39, 0.29) is 0 Å². The summed E-state index contributed by atoms with van der Waals surface area (Å²) >= 11 is 0. The number of rotatable bonds is 1. The Kier molecular flexibility index (Phi) is 2.54. The average Bonchev–Trinajstić information content (AvgIpc) is 1.65. The lowest BCUT2D eigenvalue weighted by Gasteiger charge is -1.94. The molecular formula is C5H8N2O. The lowest BCUT2D eigenvalue weighted by Crippen LogP contribution is -2.15. The van der Waals surface area contributed by atoms with Gasteiger partial charge in [-0.3, -0.25) is 0 Å². The largest absolute Gasteiger partial charge is 0.344 e. The van der Waals surface area contributed by atoms with Gasteiger partial charge in [0.15, 0.2) is 0 Å². The molecule has 0 bridgehead atoms. The van der Waals surface area contributed by atoms with E-state index >= 15 is 0 Å². The van der Waals surface area contributed by atoms with Gasteiger partial charge >= 0.3 is 6.03 Å². The molecule has 0 radical (unpaired) electrons. The van der Waals surface area contributed by atoms with Crippen LogP contribution in [0.4, 0.5) is 4.79 Å². The molecule has 0 aromatic carbocycles. The second-order valence-electron chi connectivity index (χ2n) is 1.37. The second-order valence-corrected chi connectivity index (χ2v) is 1.37. The summed E-state index contributed by atoms with van der Waals surface area (Å²) in [6.45, 7) is 8.10. The first kappa shape index (κ1) is 6.88. The van der Waals surface area contributed by atoms with Gasteiger partial charge in [0.05, 0.1) is 0 Å². The van der Waals surface area contributed by atoms with Crippen molar-refractivity contribution < 1.29 is 4.79 Å². The molecule has 0 fully saturated rings. The van der Waals surface area contributed by atoms with E-state index in [1.165, 1.54) is 0 Å². The summed E-state index contributed by atoms with van der Waals surface area (Å²) < 4.78 is 0. The van der Waals surface area contributed by atoms with Crippen LogP contribution in [0.5, 0.6) is 0 Å². The Balaban J connectivity index is 3.55. The number of nitrogens with zero attached hydrogens (tertiary/aromatic N) is 1. The Morgan fingerprint density at radius 2 is 2.25 bits per heavy atom. The highest BCUT2D eigenvalue weighted by Gasteiger charge is 1.90. The molecule has 0 heterocycles. The fourth-order valence-corrected chi connectivity index (χ4v) is 0.222. The summed E-state index contributed by atoms with van der Waals surface area (Å²) in [6, 6.07) is -0.461. The van der Waals surface area contributed by atoms with Gasteiger partial charge in [-0.05, 0) is 13.6 Å². The molecule has 0 aromatic rings. The summed E-state index contributed by atoms with van der Waals surface area (Å²) in [5.74, 6) is 0. The third-order valence-electron chi connectivity index (χ3n) is 0.464. The second kappa shape index (κ2) is 2.96. The van der Waals surface area contributed by atoms with Gasteiger partial charge in [-0.2, -0.15) is 0 Å². The summed E-state index contributed by atoms with van der Waals surface area (Å²) in [7, 11) is 0. The highest BCUT2D eigenvalue weighted by Crippen LogP contribution is 1.78. The molecule has 0 aromatic heterocycles. The summed E-state index contributed by atoms with van der Waals surface area (Å²) in [5, 5.41) is 2.33. The van der Waals surface area contributed by atoms with Crippen LogP contribution in [-0.2, 0) is 0 Å². The van der Waals surface area contributed by atoms with E-state index in [1.807, 2.05) is 0 Å². The van der Waals surface area contributed by atoms with E-state index in [1.54, 1.807) is 6.92 Å². The van der Waals surface area contributed by atoms with E-state index < -0.39 is 6.03 Å². The van der Waals surface area contributed by atoms with Crippen LogP contribution in [0.3, 0.4) is 0 Å². The van der Waals surface area contributed by atoms with Crippen molar-refractivity contribution in [3.05, 3.63) is 12.3 Å². The Labute approximate surface area is 48.1 Å². The predicted molar refractivity (Wildman–Crippen MR) is 32.9 cm³/mol. The van der Waals surface area contributed by atoms with Gasteiger partial charge in [0.2, 0.25) is 0 Å². The van der Waals surface area contributed by atoms with Gasteiger partial charge < -0.3 is 5.32 Å². The summed E-state index contributed by atoms with van der Waals surface area (Å²) in [6.07, 6.45) is 0. The molecule has 0 aliphatic carbocycles. The van der Waals surface area contributed by atoms with Gasteiger partial charge in [-0.1, -0.05) is 6.58 Å². The zero-order valence-corrected chi connectivity index (χ0v) is 4.77. The third kappa shape index (κ3) is 3.08. The van der Waals surface area contributed by atoms with Crippen molar-refractivity contribution in [1.82, 2.24) is 5.32 Å². The molecule has 0 unspecified atom stereocenters. The molecule has 0 saturated heterocycles. The fraction of sp³-hybridized carbons (Fsp3) is 0.200. The van der Waals surface area contributed by atoms with Crippen LogP contribution in [0.1, 0.15) is 6.92 Å². The first-order valence-corrected chi connectivity index (χ1v) is 2.10. The molecular weight excluding hydrogens is 104 g/mol. The zero-order chi connectivity index (χ0) is 6.57. The van der Waals surface area contributed by atoms with Crippen molar-refractivity contribution in [2.75, 3.05) is 0 Å². The minimum absolute atomic E-state index is 0.461. The number of hydrogen-bond donors (Lipinski definition) is 1. The highest BCUT2D eigenvalue weighted by atomic mass is 16.2. The van der Waals surface area contributed by atoms with Crippen LogP contribution in [0.2, 0.25) is 0 Å². The number of allylic oxidation sites excluding steroid dienone is 1. The van der Waals surface area contributed by atoms with Crippen molar-refractivity contribution >= 4 is 12.7 Å². The van der Waals surface area contributed by atoms with Crippen LogP contribution in [-0.4, -0.2) is 12.7 Å². The average molecular weight is 112 g/mol. The molecule has 8 heavy (non-hydrogen) atoms. The number of carbonyl (C=O) groups is 1. The van der Waals surface area contributed by atoms with Crippen molar-refractivity contribution in [3.63, 3.8) is 0 Å². The van der Waals surface area contributed by atoms with Crippen LogP contribution in [0.15, 0.2) is 17.3 Å². The monoisotopic (exact) mass is 112 g/mol. The molecule has 0 aliphatic rings. The SMILES string of the molecule is C=NC(=O)NC(=C)C. The Morgan fingerprint density at radius 3 is 2.38 bits per heavy atom. The molecule has 0 atom stereocenters.